The van der Waals surface area contributed by atoms with Crippen LogP contribution in [0, 0.1) is 0 Å². The highest BCUT2D eigenvalue weighted by molar-refractivity contribution is 5.80. The van der Waals surface area contributed by atoms with Gasteiger partial charge in [-0.25, -0.2) is 0 Å². The van der Waals surface area contributed by atoms with E-state index in [-0.39, 0.29) is 12.8 Å². The first-order chi connectivity index (χ1) is 9.35. The van der Waals surface area contributed by atoms with Gasteiger partial charge in [0.05, 0.1) is 5.52 Å². The fraction of sp³-hybridized carbons (Fsp3) is 0.429. The molecule has 110 valence electrons. The molecule has 1 atom stereocenters. The molecule has 6 heteroatoms. The number of ether oxygens (including phenoxy) is 1. The number of aromatic nitrogens is 1. The quantitative estimate of drug-likeness (QED) is 0.917. The molecule has 2 aromatic rings. The first-order valence-corrected chi connectivity index (χ1v) is 6.33. The van der Waals surface area contributed by atoms with Crippen molar-refractivity contribution in [2.75, 3.05) is 6.61 Å². The Labute approximate surface area is 115 Å². The lowest BCUT2D eigenvalue weighted by Crippen LogP contribution is -2.18. The minimum atomic E-state index is -4.30. The molecule has 0 spiro atoms. The fourth-order valence-electron chi connectivity index (χ4n) is 2.10. The van der Waals surface area contributed by atoms with Gasteiger partial charge >= 0.3 is 6.18 Å². The van der Waals surface area contributed by atoms with Crippen molar-refractivity contribution < 1.29 is 17.9 Å². The van der Waals surface area contributed by atoms with Crippen molar-refractivity contribution in [3.63, 3.8) is 0 Å². The van der Waals surface area contributed by atoms with E-state index in [9.17, 15) is 13.2 Å². The molecule has 1 heterocycles. The molecule has 1 aromatic heterocycles. The third kappa shape index (κ3) is 3.98. The summed E-state index contributed by atoms with van der Waals surface area (Å²) in [6, 6.07) is 7.75. The van der Waals surface area contributed by atoms with Crippen LogP contribution in [0.2, 0.25) is 0 Å². The minimum Gasteiger partial charge on any atom is -0.351 e. The second-order valence-electron chi connectivity index (χ2n) is 4.95. The number of nitrogens with zero attached hydrogens (tertiary/aromatic N) is 1. The maximum Gasteiger partial charge on any atom is 0.411 e. The molecule has 0 fully saturated rings. The number of hydrogen-bond acceptors (Lipinski definition) is 2. The van der Waals surface area contributed by atoms with Gasteiger partial charge in [0.2, 0.25) is 0 Å². The van der Waals surface area contributed by atoms with Crippen molar-refractivity contribution in [1.29, 1.82) is 0 Å². The smallest absolute Gasteiger partial charge is 0.351 e. The molecule has 0 bridgehead atoms. The van der Waals surface area contributed by atoms with Crippen molar-refractivity contribution in [2.24, 2.45) is 5.73 Å². The van der Waals surface area contributed by atoms with E-state index in [0.717, 1.165) is 22.9 Å². The maximum absolute atomic E-state index is 12.1. The van der Waals surface area contributed by atoms with Crippen LogP contribution in [0.25, 0.3) is 10.9 Å². The number of fused-ring (bicyclic) bond motifs is 1. The predicted octanol–water partition coefficient (Wildman–Crippen LogP) is 3.07. The summed E-state index contributed by atoms with van der Waals surface area (Å²) in [6.07, 6.45) is -1.86. The molecular weight excluding hydrogens is 269 g/mol. The largest absolute Gasteiger partial charge is 0.411 e. The van der Waals surface area contributed by atoms with E-state index in [1.807, 2.05) is 31.2 Å². The van der Waals surface area contributed by atoms with Gasteiger partial charge in [0.1, 0.15) is 13.3 Å². The summed E-state index contributed by atoms with van der Waals surface area (Å²) < 4.78 is 42.5. The zero-order chi connectivity index (χ0) is 14.8. The van der Waals surface area contributed by atoms with Crippen molar-refractivity contribution in [1.82, 2.24) is 4.57 Å². The van der Waals surface area contributed by atoms with E-state index < -0.39 is 12.8 Å². The van der Waals surface area contributed by atoms with Gasteiger partial charge in [0.15, 0.2) is 0 Å². The molecule has 1 unspecified atom stereocenters. The summed E-state index contributed by atoms with van der Waals surface area (Å²) in [7, 11) is 0. The lowest BCUT2D eigenvalue weighted by molar-refractivity contribution is -0.181. The van der Waals surface area contributed by atoms with Crippen LogP contribution < -0.4 is 5.73 Å². The first kappa shape index (κ1) is 14.9. The van der Waals surface area contributed by atoms with Gasteiger partial charge in [-0.05, 0) is 36.4 Å². The molecule has 0 aliphatic rings. The Morgan fingerprint density at radius 3 is 2.70 bits per heavy atom. The third-order valence-corrected chi connectivity index (χ3v) is 2.89. The topological polar surface area (TPSA) is 40.2 Å². The van der Waals surface area contributed by atoms with E-state index >= 15 is 0 Å². The van der Waals surface area contributed by atoms with Crippen molar-refractivity contribution in [3.8, 4) is 0 Å². The lowest BCUT2D eigenvalue weighted by Gasteiger charge is -2.10. The van der Waals surface area contributed by atoms with Crippen molar-refractivity contribution >= 4 is 10.9 Å². The Balaban J connectivity index is 2.13. The zero-order valence-corrected chi connectivity index (χ0v) is 11.2. The van der Waals surface area contributed by atoms with Crippen LogP contribution in [0.3, 0.4) is 0 Å². The monoisotopic (exact) mass is 286 g/mol. The van der Waals surface area contributed by atoms with Crippen LogP contribution >= 0.6 is 0 Å². The number of halogens is 3. The lowest BCUT2D eigenvalue weighted by atomic mass is 10.1. The van der Waals surface area contributed by atoms with Crippen LogP contribution in [-0.2, 0) is 17.9 Å². The molecule has 3 nitrogen and oxygen atoms in total. The minimum absolute atomic E-state index is 0.0392. The van der Waals surface area contributed by atoms with Crippen LogP contribution in [0.5, 0.6) is 0 Å². The predicted molar refractivity (Wildman–Crippen MR) is 71.3 cm³/mol. The van der Waals surface area contributed by atoms with Gasteiger partial charge in [-0.15, -0.1) is 0 Å². The summed E-state index contributed by atoms with van der Waals surface area (Å²) in [5, 5.41) is 0.967. The normalized spacial score (nSPS) is 13.8. The zero-order valence-electron chi connectivity index (χ0n) is 11.2. The van der Waals surface area contributed by atoms with Crippen LogP contribution in [0.15, 0.2) is 30.5 Å². The van der Waals surface area contributed by atoms with E-state index in [4.69, 9.17) is 5.73 Å². The Bertz CT molecular complexity index is 575. The van der Waals surface area contributed by atoms with Crippen LogP contribution in [0.4, 0.5) is 13.2 Å². The summed E-state index contributed by atoms with van der Waals surface area (Å²) >= 11 is 0. The molecule has 0 radical (unpaired) electrons. The molecule has 2 N–H and O–H groups in total. The number of benzene rings is 1. The second kappa shape index (κ2) is 5.85. The van der Waals surface area contributed by atoms with E-state index in [2.05, 4.69) is 4.74 Å². The van der Waals surface area contributed by atoms with E-state index in [1.165, 1.54) is 0 Å². The van der Waals surface area contributed by atoms with Crippen molar-refractivity contribution in [2.45, 2.75) is 32.3 Å². The summed E-state index contributed by atoms with van der Waals surface area (Å²) in [5.41, 5.74) is 7.66. The fourth-order valence-corrected chi connectivity index (χ4v) is 2.10. The van der Waals surface area contributed by atoms with Gasteiger partial charge in [0, 0.05) is 12.2 Å². The van der Waals surface area contributed by atoms with E-state index in [0.29, 0.717) is 0 Å². The molecule has 20 heavy (non-hydrogen) atoms. The van der Waals surface area contributed by atoms with Gasteiger partial charge in [-0.2, -0.15) is 13.2 Å². The van der Waals surface area contributed by atoms with Gasteiger partial charge in [-0.3, -0.25) is 0 Å². The molecule has 0 amide bonds. The number of alkyl halides is 3. The standard InChI is InChI=1S/C14H17F3N2O/c1-10(18)6-11-2-3-12-4-5-19(13(12)7-11)9-20-8-14(15,16)17/h2-5,7,10H,6,8-9,18H2,1H3. The highest BCUT2D eigenvalue weighted by Crippen LogP contribution is 2.20. The highest BCUT2D eigenvalue weighted by atomic mass is 19.4. The average molecular weight is 286 g/mol. The Morgan fingerprint density at radius 1 is 1.30 bits per heavy atom. The van der Waals surface area contributed by atoms with Crippen LogP contribution in [-0.4, -0.2) is 23.4 Å². The van der Waals surface area contributed by atoms with Crippen LogP contribution in [0.1, 0.15) is 12.5 Å². The molecule has 0 saturated heterocycles. The SMILES string of the molecule is CC(N)Cc1ccc2ccn(COCC(F)(F)F)c2c1. The first-order valence-electron chi connectivity index (χ1n) is 6.33. The van der Waals surface area contributed by atoms with E-state index in [1.54, 1.807) is 10.8 Å². The second-order valence-corrected chi connectivity index (χ2v) is 4.95. The summed E-state index contributed by atoms with van der Waals surface area (Å²) in [5.74, 6) is 0. The molecule has 0 saturated carbocycles. The average Bonchev–Trinajstić information content (AvgIpc) is 2.70. The van der Waals surface area contributed by atoms with Gasteiger partial charge in [0.25, 0.3) is 0 Å². The maximum atomic E-state index is 12.1. The van der Waals surface area contributed by atoms with Gasteiger partial charge in [-0.1, -0.05) is 12.1 Å². The molecular formula is C14H17F3N2O. The van der Waals surface area contributed by atoms with Crippen molar-refractivity contribution in [3.05, 3.63) is 36.0 Å². The Morgan fingerprint density at radius 2 is 2.05 bits per heavy atom. The molecule has 0 aliphatic carbocycles. The molecule has 0 aliphatic heterocycles. The Hall–Kier alpha value is -1.53. The number of hydrogen-bond donors (Lipinski definition) is 1. The third-order valence-electron chi connectivity index (χ3n) is 2.89. The summed E-state index contributed by atoms with van der Waals surface area (Å²) in [6.45, 7) is 0.548. The Kier molecular flexibility index (Phi) is 4.35. The number of rotatable bonds is 5. The highest BCUT2D eigenvalue weighted by Gasteiger charge is 2.27. The molecule has 2 rings (SSSR count). The summed E-state index contributed by atoms with van der Waals surface area (Å²) in [4.78, 5) is 0. The number of nitrogens with two attached hydrogens (primary N) is 1. The van der Waals surface area contributed by atoms with Gasteiger partial charge < -0.3 is 15.0 Å². The molecule has 1 aromatic carbocycles.